The van der Waals surface area contributed by atoms with Gasteiger partial charge in [-0.25, -0.2) is 4.98 Å². The van der Waals surface area contributed by atoms with Crippen molar-refractivity contribution in [3.8, 4) is 0 Å². The number of halogens is 1. The highest BCUT2D eigenvalue weighted by atomic mass is 127. The first-order valence-corrected chi connectivity index (χ1v) is 10.9. The zero-order chi connectivity index (χ0) is 20.5. The van der Waals surface area contributed by atoms with E-state index >= 15 is 0 Å². The van der Waals surface area contributed by atoms with Gasteiger partial charge in [-0.1, -0.05) is 19.1 Å². The Morgan fingerprint density at radius 1 is 1.20 bits per heavy atom. The molecule has 0 bridgehead atoms. The molecule has 0 spiro atoms. The number of benzene rings is 1. The molecule has 0 atom stereocenters. The fourth-order valence-electron chi connectivity index (χ4n) is 3.18. The van der Waals surface area contributed by atoms with Crippen LogP contribution in [0.1, 0.15) is 18.3 Å². The number of aromatic nitrogens is 2. The Morgan fingerprint density at radius 3 is 2.53 bits per heavy atom. The summed E-state index contributed by atoms with van der Waals surface area (Å²) in [6.45, 7) is 8.05. The number of ether oxygens (including phenoxy) is 1. The second-order valence-corrected chi connectivity index (χ2v) is 7.57. The van der Waals surface area contributed by atoms with Crippen molar-refractivity contribution in [2.45, 2.75) is 19.9 Å². The molecule has 2 aromatic rings. The summed E-state index contributed by atoms with van der Waals surface area (Å²) in [5.74, 6) is 1.88. The van der Waals surface area contributed by atoms with Gasteiger partial charge in [0.15, 0.2) is 5.96 Å². The normalized spacial score (nSPS) is 14.4. The van der Waals surface area contributed by atoms with Gasteiger partial charge in [0.1, 0.15) is 5.82 Å². The summed E-state index contributed by atoms with van der Waals surface area (Å²) in [5, 5.41) is 7.85. The van der Waals surface area contributed by atoms with Crippen LogP contribution in [0.2, 0.25) is 0 Å². The SMILES string of the molecule is CCc1nsc(N2CCN(C(=NC)NCc3ccc(NCCOC)cc3)CC2)n1.I. The van der Waals surface area contributed by atoms with Gasteiger partial charge in [0.2, 0.25) is 5.13 Å². The number of nitrogens with one attached hydrogen (secondary N) is 2. The molecule has 0 radical (unpaired) electrons. The van der Waals surface area contributed by atoms with Crippen LogP contribution in [0.5, 0.6) is 0 Å². The molecule has 30 heavy (non-hydrogen) atoms. The van der Waals surface area contributed by atoms with Crippen molar-refractivity contribution in [3.05, 3.63) is 35.7 Å². The third kappa shape index (κ3) is 6.95. The van der Waals surface area contributed by atoms with Gasteiger partial charge in [0.25, 0.3) is 0 Å². The molecule has 0 amide bonds. The maximum absolute atomic E-state index is 5.06. The number of hydrogen-bond donors (Lipinski definition) is 2. The summed E-state index contributed by atoms with van der Waals surface area (Å²) in [4.78, 5) is 13.7. The average Bonchev–Trinajstić information content (AvgIpc) is 3.25. The molecule has 8 nitrogen and oxygen atoms in total. The number of anilines is 2. The third-order valence-electron chi connectivity index (χ3n) is 4.87. The lowest BCUT2D eigenvalue weighted by Gasteiger charge is -2.36. The first-order chi connectivity index (χ1) is 14.2. The van der Waals surface area contributed by atoms with E-state index < -0.39 is 0 Å². The minimum absolute atomic E-state index is 0. The minimum atomic E-state index is 0. The maximum Gasteiger partial charge on any atom is 0.205 e. The fourth-order valence-corrected chi connectivity index (χ4v) is 3.98. The van der Waals surface area contributed by atoms with Gasteiger partial charge >= 0.3 is 0 Å². The molecule has 1 fully saturated rings. The van der Waals surface area contributed by atoms with Crippen LogP contribution in [-0.4, -0.2) is 73.7 Å². The van der Waals surface area contributed by atoms with E-state index in [1.165, 1.54) is 17.1 Å². The van der Waals surface area contributed by atoms with E-state index in [-0.39, 0.29) is 24.0 Å². The van der Waals surface area contributed by atoms with Crippen molar-refractivity contribution in [2.24, 2.45) is 4.99 Å². The van der Waals surface area contributed by atoms with Gasteiger partial charge < -0.3 is 25.2 Å². The molecule has 0 aliphatic carbocycles. The van der Waals surface area contributed by atoms with Crippen LogP contribution in [-0.2, 0) is 17.7 Å². The van der Waals surface area contributed by atoms with Crippen LogP contribution in [0.4, 0.5) is 10.8 Å². The Balaban J connectivity index is 0.00000320. The van der Waals surface area contributed by atoms with E-state index in [0.29, 0.717) is 6.61 Å². The zero-order valence-electron chi connectivity index (χ0n) is 17.9. The van der Waals surface area contributed by atoms with E-state index in [9.17, 15) is 0 Å². The molecule has 2 N–H and O–H groups in total. The fraction of sp³-hybridized carbons (Fsp3) is 0.550. The maximum atomic E-state index is 5.06. The van der Waals surface area contributed by atoms with Crippen molar-refractivity contribution >= 4 is 52.3 Å². The van der Waals surface area contributed by atoms with Crippen LogP contribution in [0.25, 0.3) is 0 Å². The van der Waals surface area contributed by atoms with Gasteiger partial charge in [-0.15, -0.1) is 24.0 Å². The van der Waals surface area contributed by atoms with Gasteiger partial charge in [0.05, 0.1) is 6.61 Å². The molecule has 2 heterocycles. The van der Waals surface area contributed by atoms with Crippen LogP contribution >= 0.6 is 35.5 Å². The predicted octanol–water partition coefficient (Wildman–Crippen LogP) is 2.67. The molecule has 3 rings (SSSR count). The van der Waals surface area contributed by atoms with E-state index in [4.69, 9.17) is 4.74 Å². The number of piperazine rings is 1. The van der Waals surface area contributed by atoms with Crippen molar-refractivity contribution in [3.63, 3.8) is 0 Å². The number of aliphatic imine (C=N–C) groups is 1. The Hall–Kier alpha value is -1.66. The zero-order valence-corrected chi connectivity index (χ0v) is 21.1. The quantitative estimate of drug-likeness (QED) is 0.229. The Kier molecular flexibility index (Phi) is 10.6. The van der Waals surface area contributed by atoms with Crippen molar-refractivity contribution < 1.29 is 4.74 Å². The Labute approximate surface area is 200 Å². The first kappa shape index (κ1) is 24.6. The van der Waals surface area contributed by atoms with Crippen molar-refractivity contribution in [1.29, 1.82) is 0 Å². The van der Waals surface area contributed by atoms with Crippen LogP contribution in [0, 0.1) is 0 Å². The number of hydrogen-bond acceptors (Lipinski definition) is 7. The monoisotopic (exact) mass is 545 g/mol. The lowest BCUT2D eigenvalue weighted by molar-refractivity contribution is 0.211. The largest absolute Gasteiger partial charge is 0.383 e. The summed E-state index contributed by atoms with van der Waals surface area (Å²) >= 11 is 1.50. The summed E-state index contributed by atoms with van der Waals surface area (Å²) in [5.41, 5.74) is 2.33. The van der Waals surface area contributed by atoms with Gasteiger partial charge in [-0.3, -0.25) is 4.99 Å². The molecule has 1 aliphatic heterocycles. The average molecular weight is 545 g/mol. The number of aryl methyl sites for hydroxylation is 1. The molecular weight excluding hydrogens is 513 g/mol. The Morgan fingerprint density at radius 2 is 1.93 bits per heavy atom. The number of methoxy groups -OCH3 is 1. The van der Waals surface area contributed by atoms with Gasteiger partial charge in [-0.05, 0) is 17.7 Å². The molecule has 0 unspecified atom stereocenters. The highest BCUT2D eigenvalue weighted by Crippen LogP contribution is 2.19. The van der Waals surface area contributed by atoms with Gasteiger partial charge in [0, 0.05) is 77.1 Å². The smallest absolute Gasteiger partial charge is 0.205 e. The molecule has 1 saturated heterocycles. The number of guanidine groups is 1. The second kappa shape index (κ2) is 12.9. The topological polar surface area (TPSA) is 77.9 Å². The molecular formula is C20H32IN7OS. The molecule has 166 valence electrons. The second-order valence-electron chi connectivity index (χ2n) is 6.84. The van der Waals surface area contributed by atoms with Crippen LogP contribution in [0.15, 0.2) is 29.3 Å². The highest BCUT2D eigenvalue weighted by molar-refractivity contribution is 14.0. The standard InChI is InChI=1S/C20H31N7OS.HI/c1-4-18-24-20(29-25-18)27-12-10-26(11-13-27)19(21-2)23-15-16-5-7-17(8-6-16)22-9-14-28-3;/h5-8,22H,4,9-15H2,1-3H3,(H,21,23);1H. The molecule has 0 saturated carbocycles. The Bertz CT molecular complexity index is 776. The van der Waals surface area contributed by atoms with Crippen molar-refractivity contribution in [1.82, 2.24) is 19.6 Å². The minimum Gasteiger partial charge on any atom is -0.383 e. The molecule has 10 heteroatoms. The highest BCUT2D eigenvalue weighted by Gasteiger charge is 2.21. The van der Waals surface area contributed by atoms with Crippen molar-refractivity contribution in [2.75, 3.05) is 63.7 Å². The van der Waals surface area contributed by atoms with E-state index in [2.05, 4.69) is 66.0 Å². The summed E-state index contributed by atoms with van der Waals surface area (Å²) in [7, 11) is 3.55. The lowest BCUT2D eigenvalue weighted by atomic mass is 10.2. The van der Waals surface area contributed by atoms with Crippen LogP contribution < -0.4 is 15.5 Å². The molecule has 1 aromatic carbocycles. The van der Waals surface area contributed by atoms with E-state index in [0.717, 1.165) is 68.3 Å². The first-order valence-electron chi connectivity index (χ1n) is 10.1. The molecule has 1 aromatic heterocycles. The number of nitrogens with zero attached hydrogens (tertiary/aromatic N) is 5. The summed E-state index contributed by atoms with van der Waals surface area (Å²) in [6.07, 6.45) is 0.886. The van der Waals surface area contributed by atoms with E-state index in [1.807, 2.05) is 7.05 Å². The number of rotatable bonds is 8. The third-order valence-corrected chi connectivity index (χ3v) is 5.69. The van der Waals surface area contributed by atoms with Crippen LogP contribution in [0.3, 0.4) is 0 Å². The lowest BCUT2D eigenvalue weighted by Crippen LogP contribution is -2.52. The predicted molar refractivity (Wildman–Crippen MR) is 135 cm³/mol. The molecule has 1 aliphatic rings. The van der Waals surface area contributed by atoms with E-state index in [1.54, 1.807) is 7.11 Å². The van der Waals surface area contributed by atoms with Gasteiger partial charge in [-0.2, -0.15) is 4.37 Å². The summed E-state index contributed by atoms with van der Waals surface area (Å²) in [6, 6.07) is 8.46. The summed E-state index contributed by atoms with van der Waals surface area (Å²) < 4.78 is 9.46.